The highest BCUT2D eigenvalue weighted by atomic mass is 32.1. The van der Waals surface area contributed by atoms with Gasteiger partial charge in [0.2, 0.25) is 0 Å². The number of hydrogen-bond donors (Lipinski definition) is 0. The van der Waals surface area contributed by atoms with Crippen LogP contribution in [0.2, 0.25) is 0 Å². The van der Waals surface area contributed by atoms with Gasteiger partial charge in [-0.05, 0) is 42.3 Å². The van der Waals surface area contributed by atoms with Gasteiger partial charge in [-0.2, -0.15) is 26.3 Å². The molecule has 0 saturated carbocycles. The number of aryl methyl sites for hydroxylation is 1. The van der Waals surface area contributed by atoms with Crippen LogP contribution in [0.1, 0.15) is 26.4 Å². The summed E-state index contributed by atoms with van der Waals surface area (Å²) in [6, 6.07) is 2.80. The van der Waals surface area contributed by atoms with Crippen molar-refractivity contribution >= 4 is 17.6 Å². The number of benzene rings is 1. The molecule has 0 atom stereocenters. The van der Waals surface area contributed by atoms with Crippen molar-refractivity contribution in [2.45, 2.75) is 19.3 Å². The Morgan fingerprint density at radius 3 is 1.77 bits per heavy atom. The second-order valence-electron chi connectivity index (χ2n) is 4.57. The van der Waals surface area contributed by atoms with Crippen molar-refractivity contribution in [1.82, 2.24) is 0 Å². The summed E-state index contributed by atoms with van der Waals surface area (Å²) in [6.45, 7) is 1.52. The van der Waals surface area contributed by atoms with E-state index in [9.17, 15) is 31.1 Å². The molecule has 0 amide bonds. The average Bonchev–Trinajstić information content (AvgIpc) is 2.77. The molecule has 1 heterocycles. The van der Waals surface area contributed by atoms with Crippen molar-refractivity contribution in [3.05, 3.63) is 45.8 Å². The number of carbonyl (C=O) groups is 1. The predicted octanol–water partition coefficient (Wildman–Crippen LogP) is 5.57. The van der Waals surface area contributed by atoms with Crippen LogP contribution in [-0.2, 0) is 12.4 Å². The molecule has 0 aliphatic heterocycles. The molecule has 0 unspecified atom stereocenters. The monoisotopic (exact) mass is 338 g/mol. The van der Waals surface area contributed by atoms with Crippen LogP contribution in [-0.4, -0.2) is 6.29 Å². The van der Waals surface area contributed by atoms with Crippen molar-refractivity contribution in [3.63, 3.8) is 0 Å². The molecule has 0 aliphatic carbocycles. The zero-order chi connectivity index (χ0) is 16.7. The molecule has 0 fully saturated rings. The fraction of sp³-hybridized carbons (Fsp3) is 0.214. The van der Waals surface area contributed by atoms with Crippen molar-refractivity contribution in [3.8, 4) is 10.4 Å². The van der Waals surface area contributed by atoms with E-state index in [1.165, 1.54) is 13.0 Å². The van der Waals surface area contributed by atoms with E-state index in [-0.39, 0.29) is 21.4 Å². The predicted molar refractivity (Wildman–Crippen MR) is 69.9 cm³/mol. The van der Waals surface area contributed by atoms with E-state index in [0.29, 0.717) is 24.0 Å². The van der Waals surface area contributed by atoms with Crippen molar-refractivity contribution in [1.29, 1.82) is 0 Å². The van der Waals surface area contributed by atoms with E-state index in [0.717, 1.165) is 11.3 Å². The molecule has 1 aromatic carbocycles. The maximum absolute atomic E-state index is 12.8. The smallest absolute Gasteiger partial charge is 0.297 e. The molecule has 8 heteroatoms. The van der Waals surface area contributed by atoms with Crippen molar-refractivity contribution in [2.24, 2.45) is 0 Å². The number of rotatable bonds is 2. The van der Waals surface area contributed by atoms with Gasteiger partial charge in [-0.3, -0.25) is 4.79 Å². The van der Waals surface area contributed by atoms with Crippen LogP contribution in [0.25, 0.3) is 10.4 Å². The lowest BCUT2D eigenvalue weighted by Crippen LogP contribution is -2.11. The zero-order valence-electron chi connectivity index (χ0n) is 11.0. The Labute approximate surface area is 125 Å². The maximum atomic E-state index is 12.8. The molecule has 1 aromatic heterocycles. The number of halogens is 6. The normalized spacial score (nSPS) is 12.5. The van der Waals surface area contributed by atoms with E-state index < -0.39 is 23.5 Å². The van der Waals surface area contributed by atoms with Crippen molar-refractivity contribution in [2.75, 3.05) is 0 Å². The van der Waals surface area contributed by atoms with Gasteiger partial charge in [-0.25, -0.2) is 0 Å². The Bertz CT molecular complexity index is 679. The average molecular weight is 338 g/mol. The molecule has 2 aromatic rings. The van der Waals surface area contributed by atoms with Gasteiger partial charge in [0.25, 0.3) is 0 Å². The zero-order valence-corrected chi connectivity index (χ0v) is 11.8. The van der Waals surface area contributed by atoms with Crippen molar-refractivity contribution < 1.29 is 31.1 Å². The molecular weight excluding hydrogens is 330 g/mol. The van der Waals surface area contributed by atoms with E-state index in [4.69, 9.17) is 0 Å². The van der Waals surface area contributed by atoms with Crippen LogP contribution >= 0.6 is 11.3 Å². The van der Waals surface area contributed by atoms with Crippen LogP contribution in [0, 0.1) is 6.92 Å². The first-order valence-electron chi connectivity index (χ1n) is 5.88. The Balaban J connectivity index is 2.69. The summed E-state index contributed by atoms with van der Waals surface area (Å²) in [4.78, 5) is 11.1. The third kappa shape index (κ3) is 3.32. The second-order valence-corrected chi connectivity index (χ2v) is 5.66. The minimum atomic E-state index is -4.89. The summed E-state index contributed by atoms with van der Waals surface area (Å²) in [5.41, 5.74) is -2.52. The van der Waals surface area contributed by atoms with Crippen LogP contribution in [0.15, 0.2) is 24.3 Å². The molecule has 1 nitrogen and oxygen atoms in total. The molecule has 0 aliphatic rings. The summed E-state index contributed by atoms with van der Waals surface area (Å²) in [5, 5.41) is 0. The quantitative estimate of drug-likeness (QED) is 0.516. The summed E-state index contributed by atoms with van der Waals surface area (Å²) in [7, 11) is 0. The van der Waals surface area contributed by atoms with E-state index in [2.05, 4.69) is 0 Å². The van der Waals surface area contributed by atoms with E-state index in [1.807, 2.05) is 0 Å². The van der Waals surface area contributed by atoms with Gasteiger partial charge in [0.05, 0.1) is 16.0 Å². The highest BCUT2D eigenvalue weighted by molar-refractivity contribution is 7.17. The Hall–Kier alpha value is -1.83. The first kappa shape index (κ1) is 16.5. The third-order valence-electron chi connectivity index (χ3n) is 2.90. The lowest BCUT2D eigenvalue weighted by molar-refractivity contribution is -0.143. The highest BCUT2D eigenvalue weighted by Crippen LogP contribution is 2.40. The van der Waals surface area contributed by atoms with Gasteiger partial charge in [0.15, 0.2) is 6.29 Å². The largest absolute Gasteiger partial charge is 0.416 e. The van der Waals surface area contributed by atoms with Gasteiger partial charge >= 0.3 is 12.4 Å². The number of aldehydes is 1. The lowest BCUT2D eigenvalue weighted by atomic mass is 10.0. The Morgan fingerprint density at radius 1 is 0.909 bits per heavy atom. The Morgan fingerprint density at radius 2 is 1.41 bits per heavy atom. The van der Waals surface area contributed by atoms with Gasteiger partial charge in [0.1, 0.15) is 0 Å². The summed E-state index contributed by atoms with van der Waals surface area (Å²) < 4.78 is 76.8. The summed E-state index contributed by atoms with van der Waals surface area (Å²) in [5.74, 6) is 0. The van der Waals surface area contributed by atoms with Crippen LogP contribution in [0.4, 0.5) is 26.3 Å². The number of carbonyl (C=O) groups excluding carboxylic acids is 1. The lowest BCUT2D eigenvalue weighted by Gasteiger charge is -2.14. The molecule has 0 bridgehead atoms. The van der Waals surface area contributed by atoms with Gasteiger partial charge in [-0.1, -0.05) is 0 Å². The van der Waals surface area contributed by atoms with Crippen LogP contribution in [0.5, 0.6) is 0 Å². The van der Waals surface area contributed by atoms with Gasteiger partial charge in [0, 0.05) is 4.88 Å². The third-order valence-corrected chi connectivity index (χ3v) is 4.11. The Kier molecular flexibility index (Phi) is 4.08. The first-order valence-corrected chi connectivity index (χ1v) is 6.69. The molecule has 0 N–H and O–H groups in total. The van der Waals surface area contributed by atoms with Gasteiger partial charge < -0.3 is 0 Å². The SMILES string of the molecule is Cc1cc(C=O)sc1-c1cc(C(F)(F)F)cc(C(F)(F)F)c1. The van der Waals surface area contributed by atoms with Gasteiger partial charge in [-0.15, -0.1) is 11.3 Å². The van der Waals surface area contributed by atoms with E-state index >= 15 is 0 Å². The topological polar surface area (TPSA) is 17.1 Å². The van der Waals surface area contributed by atoms with Crippen LogP contribution < -0.4 is 0 Å². The molecule has 118 valence electrons. The minimum absolute atomic E-state index is 0.0765. The fourth-order valence-electron chi connectivity index (χ4n) is 1.94. The second kappa shape index (κ2) is 5.42. The highest BCUT2D eigenvalue weighted by Gasteiger charge is 2.37. The van der Waals surface area contributed by atoms with Crippen LogP contribution in [0.3, 0.4) is 0 Å². The minimum Gasteiger partial charge on any atom is -0.297 e. The van der Waals surface area contributed by atoms with E-state index in [1.54, 1.807) is 0 Å². The molecule has 2 rings (SSSR count). The molecule has 0 radical (unpaired) electrons. The standard InChI is InChI=1S/C14H8F6OS/c1-7-2-11(6-21)22-12(7)8-3-9(13(15,16)17)5-10(4-8)14(18,19)20/h2-6H,1H3. The summed E-state index contributed by atoms with van der Waals surface area (Å²) >= 11 is 0.849. The number of hydrogen-bond acceptors (Lipinski definition) is 2. The number of alkyl halides is 6. The first-order chi connectivity index (χ1) is 10.0. The molecule has 22 heavy (non-hydrogen) atoms. The molecular formula is C14H8F6OS. The molecule has 0 saturated heterocycles. The maximum Gasteiger partial charge on any atom is 0.416 e. The number of thiophene rings is 1. The fourth-order valence-corrected chi connectivity index (χ4v) is 2.91. The summed E-state index contributed by atoms with van der Waals surface area (Å²) in [6.07, 6.45) is -9.29. The molecule has 0 spiro atoms.